The number of amides is 1. The number of carbonyl (C=O) groups excluding carboxylic acids is 1. The lowest BCUT2D eigenvalue weighted by molar-refractivity contribution is -0.117. The van der Waals surface area contributed by atoms with Crippen LogP contribution in [0.2, 0.25) is 0 Å². The van der Waals surface area contributed by atoms with Crippen LogP contribution in [-0.2, 0) is 11.2 Å². The van der Waals surface area contributed by atoms with Crippen molar-refractivity contribution in [2.24, 2.45) is 5.73 Å². The van der Waals surface area contributed by atoms with Crippen LogP contribution in [-0.4, -0.2) is 24.7 Å². The minimum absolute atomic E-state index is 0.156. The lowest BCUT2D eigenvalue weighted by Crippen LogP contribution is -2.34. The van der Waals surface area contributed by atoms with E-state index in [1.165, 1.54) is 0 Å². The van der Waals surface area contributed by atoms with Crippen LogP contribution in [0.3, 0.4) is 0 Å². The number of anilines is 1. The zero-order valence-corrected chi connectivity index (χ0v) is 12.2. The van der Waals surface area contributed by atoms with Gasteiger partial charge in [-0.2, -0.15) is 0 Å². The number of rotatable bonds is 5. The van der Waals surface area contributed by atoms with Crippen molar-refractivity contribution in [2.45, 2.75) is 45.8 Å². The molecule has 0 saturated carbocycles. The molecule has 5 nitrogen and oxygen atoms in total. The van der Waals surface area contributed by atoms with Gasteiger partial charge >= 0.3 is 0 Å². The average Bonchev–Trinajstić information content (AvgIpc) is 2.77. The molecule has 5 heteroatoms. The first-order valence-electron chi connectivity index (χ1n) is 7.08. The van der Waals surface area contributed by atoms with Crippen molar-refractivity contribution < 1.29 is 14.3 Å². The maximum Gasteiger partial charge on any atom is 0.241 e. The summed E-state index contributed by atoms with van der Waals surface area (Å²) in [5, 5.41) is 2.82. The fourth-order valence-corrected chi connectivity index (χ4v) is 2.22. The van der Waals surface area contributed by atoms with Gasteiger partial charge in [-0.25, -0.2) is 0 Å². The van der Waals surface area contributed by atoms with Gasteiger partial charge in [-0.05, 0) is 26.3 Å². The molecule has 0 radical (unpaired) electrons. The van der Waals surface area contributed by atoms with E-state index in [4.69, 9.17) is 15.2 Å². The third-order valence-corrected chi connectivity index (χ3v) is 3.33. The normalized spacial score (nSPS) is 18.1. The minimum Gasteiger partial charge on any atom is -0.492 e. The number of carbonyl (C=O) groups is 1. The molecule has 2 unspecified atom stereocenters. The van der Waals surface area contributed by atoms with E-state index in [2.05, 4.69) is 5.32 Å². The third-order valence-electron chi connectivity index (χ3n) is 3.33. The summed E-state index contributed by atoms with van der Waals surface area (Å²) >= 11 is 0. The SMILES string of the molecule is CCOc1cc2c(cc1NC(=O)C(N)CC)OC(C)C2. The first kappa shape index (κ1) is 14.7. The van der Waals surface area contributed by atoms with E-state index in [1.54, 1.807) is 0 Å². The Labute approximate surface area is 119 Å². The van der Waals surface area contributed by atoms with Crippen molar-refractivity contribution in [3.63, 3.8) is 0 Å². The van der Waals surface area contributed by atoms with Gasteiger partial charge in [-0.3, -0.25) is 4.79 Å². The van der Waals surface area contributed by atoms with Crippen molar-refractivity contribution in [3.05, 3.63) is 17.7 Å². The predicted molar refractivity (Wildman–Crippen MR) is 78.3 cm³/mol. The van der Waals surface area contributed by atoms with Crippen LogP contribution in [0, 0.1) is 0 Å². The number of nitrogens with one attached hydrogen (secondary N) is 1. The van der Waals surface area contributed by atoms with E-state index in [0.29, 0.717) is 24.5 Å². The molecule has 1 amide bonds. The van der Waals surface area contributed by atoms with E-state index in [1.807, 2.05) is 32.9 Å². The average molecular weight is 278 g/mol. The van der Waals surface area contributed by atoms with Gasteiger partial charge in [0, 0.05) is 18.1 Å². The van der Waals surface area contributed by atoms with Crippen molar-refractivity contribution in [1.82, 2.24) is 0 Å². The summed E-state index contributed by atoms with van der Waals surface area (Å²) in [6.45, 7) is 6.35. The Balaban J connectivity index is 2.27. The van der Waals surface area contributed by atoms with Gasteiger partial charge in [0.25, 0.3) is 0 Å². The summed E-state index contributed by atoms with van der Waals surface area (Å²) in [4.78, 5) is 11.9. The highest BCUT2D eigenvalue weighted by Crippen LogP contribution is 2.38. The molecule has 20 heavy (non-hydrogen) atoms. The van der Waals surface area contributed by atoms with E-state index in [9.17, 15) is 4.79 Å². The second kappa shape index (κ2) is 6.13. The van der Waals surface area contributed by atoms with Crippen LogP contribution in [0.25, 0.3) is 0 Å². The zero-order chi connectivity index (χ0) is 14.7. The Morgan fingerprint density at radius 3 is 2.95 bits per heavy atom. The molecule has 2 rings (SSSR count). The smallest absolute Gasteiger partial charge is 0.241 e. The fourth-order valence-electron chi connectivity index (χ4n) is 2.22. The van der Waals surface area contributed by atoms with Crippen molar-refractivity contribution in [2.75, 3.05) is 11.9 Å². The van der Waals surface area contributed by atoms with Crippen LogP contribution in [0.4, 0.5) is 5.69 Å². The number of fused-ring (bicyclic) bond motifs is 1. The van der Waals surface area contributed by atoms with Gasteiger partial charge in [-0.15, -0.1) is 0 Å². The molecule has 1 aromatic carbocycles. The Hall–Kier alpha value is -1.75. The molecule has 3 N–H and O–H groups in total. The van der Waals surface area contributed by atoms with Crippen LogP contribution in [0.1, 0.15) is 32.8 Å². The number of hydrogen-bond acceptors (Lipinski definition) is 4. The molecule has 0 spiro atoms. The topological polar surface area (TPSA) is 73.6 Å². The minimum atomic E-state index is -0.516. The number of ether oxygens (including phenoxy) is 2. The molecule has 0 aromatic heterocycles. The molecule has 0 fully saturated rings. The number of benzene rings is 1. The van der Waals surface area contributed by atoms with E-state index in [0.717, 1.165) is 17.7 Å². The second-order valence-corrected chi connectivity index (χ2v) is 5.03. The van der Waals surface area contributed by atoms with Gasteiger partial charge < -0.3 is 20.5 Å². The highest BCUT2D eigenvalue weighted by Gasteiger charge is 2.23. The van der Waals surface area contributed by atoms with Crippen LogP contribution >= 0.6 is 0 Å². The third kappa shape index (κ3) is 3.04. The summed E-state index contributed by atoms with van der Waals surface area (Å²) in [5.74, 6) is 1.27. The molecule has 1 aromatic rings. The Kier molecular flexibility index (Phi) is 4.49. The summed E-state index contributed by atoms with van der Waals surface area (Å²) in [6, 6.07) is 3.25. The van der Waals surface area contributed by atoms with E-state index >= 15 is 0 Å². The molecule has 2 atom stereocenters. The maximum atomic E-state index is 11.9. The highest BCUT2D eigenvalue weighted by atomic mass is 16.5. The van der Waals surface area contributed by atoms with Crippen molar-refractivity contribution in [1.29, 1.82) is 0 Å². The monoisotopic (exact) mass is 278 g/mol. The van der Waals surface area contributed by atoms with Gasteiger partial charge in [-0.1, -0.05) is 6.92 Å². The van der Waals surface area contributed by atoms with Crippen LogP contribution < -0.4 is 20.5 Å². The molecule has 1 aliphatic rings. The summed E-state index contributed by atoms with van der Waals surface area (Å²) in [5.41, 5.74) is 7.47. The Morgan fingerprint density at radius 2 is 2.30 bits per heavy atom. The molecular weight excluding hydrogens is 256 g/mol. The largest absolute Gasteiger partial charge is 0.492 e. The fraction of sp³-hybridized carbons (Fsp3) is 0.533. The summed E-state index contributed by atoms with van der Waals surface area (Å²) in [7, 11) is 0. The van der Waals surface area contributed by atoms with Gasteiger partial charge in [0.05, 0.1) is 18.3 Å². The lowest BCUT2D eigenvalue weighted by atomic mass is 10.1. The quantitative estimate of drug-likeness (QED) is 0.865. The second-order valence-electron chi connectivity index (χ2n) is 5.03. The zero-order valence-electron chi connectivity index (χ0n) is 12.2. The first-order valence-corrected chi connectivity index (χ1v) is 7.08. The Bertz CT molecular complexity index is 502. The van der Waals surface area contributed by atoms with Crippen molar-refractivity contribution in [3.8, 4) is 11.5 Å². The summed E-state index contributed by atoms with van der Waals surface area (Å²) in [6.07, 6.45) is 1.61. The highest BCUT2D eigenvalue weighted by molar-refractivity contribution is 5.96. The molecule has 110 valence electrons. The maximum absolute atomic E-state index is 11.9. The van der Waals surface area contributed by atoms with Gasteiger partial charge in [0.15, 0.2) is 0 Å². The molecule has 1 heterocycles. The Morgan fingerprint density at radius 1 is 1.55 bits per heavy atom. The molecule has 1 aliphatic heterocycles. The van der Waals surface area contributed by atoms with Crippen molar-refractivity contribution >= 4 is 11.6 Å². The molecule has 0 aliphatic carbocycles. The molecular formula is C15H22N2O3. The van der Waals surface area contributed by atoms with Gasteiger partial charge in [0.2, 0.25) is 5.91 Å². The van der Waals surface area contributed by atoms with E-state index < -0.39 is 6.04 Å². The molecule has 0 saturated heterocycles. The number of nitrogens with two attached hydrogens (primary N) is 1. The van der Waals surface area contributed by atoms with Crippen LogP contribution in [0.15, 0.2) is 12.1 Å². The number of hydrogen-bond donors (Lipinski definition) is 2. The standard InChI is InChI=1S/C15H22N2O3/c1-4-11(16)15(18)17-12-8-13-10(6-9(3)20-13)7-14(12)19-5-2/h7-9,11H,4-6,16H2,1-3H3,(H,17,18). The molecule has 0 bridgehead atoms. The predicted octanol–water partition coefficient (Wildman–Crippen LogP) is 2.08. The summed E-state index contributed by atoms with van der Waals surface area (Å²) < 4.78 is 11.3. The lowest BCUT2D eigenvalue weighted by Gasteiger charge is -2.15. The van der Waals surface area contributed by atoms with Crippen LogP contribution in [0.5, 0.6) is 11.5 Å². The first-order chi connectivity index (χ1) is 9.55. The van der Waals surface area contributed by atoms with Gasteiger partial charge in [0.1, 0.15) is 17.6 Å². The van der Waals surface area contributed by atoms with E-state index in [-0.39, 0.29) is 12.0 Å².